The van der Waals surface area contributed by atoms with Crippen LogP contribution in [0, 0.1) is 0 Å². The molecule has 1 N–H and O–H groups in total. The minimum Gasteiger partial charge on any atom is -0.335 e. The van der Waals surface area contributed by atoms with Crippen molar-refractivity contribution in [3.8, 4) is 0 Å². The molecule has 0 fully saturated rings. The Morgan fingerprint density at radius 1 is 1.22 bits per heavy atom. The molecule has 23 heavy (non-hydrogen) atoms. The minimum absolute atomic E-state index is 0.182. The molecule has 126 valence electrons. The summed E-state index contributed by atoms with van der Waals surface area (Å²) in [5, 5.41) is 3.32. The second-order valence-electron chi connectivity index (χ2n) is 6.64. The number of benzene rings is 1. The normalized spacial score (nSPS) is 14.7. The van der Waals surface area contributed by atoms with Crippen LogP contribution >= 0.6 is 0 Å². The molecule has 3 nitrogen and oxygen atoms in total. The molecule has 1 aromatic carbocycles. The fourth-order valence-corrected chi connectivity index (χ4v) is 3.02. The number of nitrogens with one attached hydrogen (secondary N) is 1. The summed E-state index contributed by atoms with van der Waals surface area (Å²) in [6.45, 7) is 6.17. The highest BCUT2D eigenvalue weighted by atomic mass is 16.2. The number of hydrogen-bond acceptors (Lipinski definition) is 2. The van der Waals surface area contributed by atoms with Crippen LogP contribution in [0.3, 0.4) is 0 Å². The summed E-state index contributed by atoms with van der Waals surface area (Å²) in [5.41, 5.74) is 2.74. The van der Waals surface area contributed by atoms with Crippen molar-refractivity contribution in [2.75, 3.05) is 13.1 Å². The maximum absolute atomic E-state index is 12.5. The SMILES string of the molecule is CC(C)N(Cc1ccccc1)C(=O)CNCCC1=CCCCC1. The van der Waals surface area contributed by atoms with E-state index in [0.29, 0.717) is 13.1 Å². The van der Waals surface area contributed by atoms with E-state index in [-0.39, 0.29) is 11.9 Å². The van der Waals surface area contributed by atoms with Gasteiger partial charge in [-0.2, -0.15) is 0 Å². The lowest BCUT2D eigenvalue weighted by atomic mass is 9.97. The van der Waals surface area contributed by atoms with Crippen LogP contribution in [0.4, 0.5) is 0 Å². The standard InChI is InChI=1S/C20H30N2O/c1-17(2)22(16-19-11-7-4-8-12-19)20(23)15-21-14-13-18-9-5-3-6-10-18/h4,7-9,11-12,17,21H,3,5-6,10,13-16H2,1-2H3. The molecule has 1 aliphatic rings. The van der Waals surface area contributed by atoms with Crippen molar-refractivity contribution in [1.29, 1.82) is 0 Å². The summed E-state index contributed by atoms with van der Waals surface area (Å²) >= 11 is 0. The topological polar surface area (TPSA) is 32.3 Å². The van der Waals surface area contributed by atoms with Crippen LogP contribution < -0.4 is 5.32 Å². The molecule has 0 atom stereocenters. The van der Waals surface area contributed by atoms with Crippen LogP contribution in [0.15, 0.2) is 42.0 Å². The van der Waals surface area contributed by atoms with Gasteiger partial charge in [0.05, 0.1) is 6.54 Å². The van der Waals surface area contributed by atoms with E-state index in [9.17, 15) is 4.79 Å². The van der Waals surface area contributed by atoms with Crippen molar-refractivity contribution >= 4 is 5.91 Å². The summed E-state index contributed by atoms with van der Waals surface area (Å²) in [6, 6.07) is 10.4. The lowest BCUT2D eigenvalue weighted by Crippen LogP contribution is -2.42. The Hall–Kier alpha value is -1.61. The van der Waals surface area contributed by atoms with Gasteiger partial charge in [0.2, 0.25) is 5.91 Å². The minimum atomic E-state index is 0.182. The summed E-state index contributed by atoms with van der Waals surface area (Å²) in [6.07, 6.45) is 8.58. The zero-order chi connectivity index (χ0) is 16.5. The van der Waals surface area contributed by atoms with Gasteiger partial charge in [0.15, 0.2) is 0 Å². The first-order valence-corrected chi connectivity index (χ1v) is 8.89. The lowest BCUT2D eigenvalue weighted by Gasteiger charge is -2.27. The largest absolute Gasteiger partial charge is 0.335 e. The van der Waals surface area contributed by atoms with Crippen molar-refractivity contribution in [3.05, 3.63) is 47.5 Å². The molecule has 0 spiro atoms. The summed E-state index contributed by atoms with van der Waals surface area (Å²) in [4.78, 5) is 14.4. The molecule has 0 aliphatic heterocycles. The second kappa shape index (κ2) is 9.51. The first kappa shape index (κ1) is 17.7. The van der Waals surface area contributed by atoms with E-state index in [2.05, 4.69) is 37.4 Å². The number of allylic oxidation sites excluding steroid dienone is 1. The van der Waals surface area contributed by atoms with E-state index >= 15 is 0 Å². The van der Waals surface area contributed by atoms with Crippen LogP contribution in [0.5, 0.6) is 0 Å². The average molecular weight is 314 g/mol. The molecular formula is C20H30N2O. The van der Waals surface area contributed by atoms with Crippen LogP contribution in [-0.4, -0.2) is 29.9 Å². The molecule has 0 saturated carbocycles. The molecular weight excluding hydrogens is 284 g/mol. The predicted molar refractivity (Wildman–Crippen MR) is 96.2 cm³/mol. The second-order valence-corrected chi connectivity index (χ2v) is 6.64. The number of carbonyl (C=O) groups is 1. The van der Waals surface area contributed by atoms with Gasteiger partial charge < -0.3 is 10.2 Å². The molecule has 2 rings (SSSR count). The van der Waals surface area contributed by atoms with Crippen molar-refractivity contribution < 1.29 is 4.79 Å². The van der Waals surface area contributed by atoms with Gasteiger partial charge in [-0.05, 0) is 58.1 Å². The highest BCUT2D eigenvalue weighted by Crippen LogP contribution is 2.19. The maximum Gasteiger partial charge on any atom is 0.237 e. The molecule has 0 heterocycles. The molecule has 0 unspecified atom stereocenters. The van der Waals surface area contributed by atoms with Gasteiger partial charge in [0.25, 0.3) is 0 Å². The monoisotopic (exact) mass is 314 g/mol. The average Bonchev–Trinajstić information content (AvgIpc) is 2.58. The van der Waals surface area contributed by atoms with Gasteiger partial charge in [-0.1, -0.05) is 42.0 Å². The number of rotatable bonds is 8. The van der Waals surface area contributed by atoms with Gasteiger partial charge in [-0.25, -0.2) is 0 Å². The Morgan fingerprint density at radius 3 is 2.65 bits per heavy atom. The Balaban J connectivity index is 1.76. The highest BCUT2D eigenvalue weighted by Gasteiger charge is 2.16. The molecule has 1 amide bonds. The number of hydrogen-bond donors (Lipinski definition) is 1. The van der Waals surface area contributed by atoms with Crippen LogP contribution in [-0.2, 0) is 11.3 Å². The van der Waals surface area contributed by atoms with E-state index in [4.69, 9.17) is 0 Å². The zero-order valence-corrected chi connectivity index (χ0v) is 14.6. The Bertz CT molecular complexity index is 508. The van der Waals surface area contributed by atoms with Gasteiger partial charge in [-0.3, -0.25) is 4.79 Å². The fraction of sp³-hybridized carbons (Fsp3) is 0.550. The molecule has 0 saturated heterocycles. The molecule has 0 bridgehead atoms. The van der Waals surface area contributed by atoms with E-state index in [0.717, 1.165) is 13.0 Å². The zero-order valence-electron chi connectivity index (χ0n) is 14.6. The van der Waals surface area contributed by atoms with E-state index in [1.165, 1.54) is 31.2 Å². The summed E-state index contributed by atoms with van der Waals surface area (Å²) < 4.78 is 0. The van der Waals surface area contributed by atoms with Crippen molar-refractivity contribution in [3.63, 3.8) is 0 Å². The van der Waals surface area contributed by atoms with Crippen LogP contribution in [0.1, 0.15) is 51.5 Å². The molecule has 3 heteroatoms. The Labute approximate surface area is 140 Å². The molecule has 0 radical (unpaired) electrons. The van der Waals surface area contributed by atoms with Crippen LogP contribution in [0.25, 0.3) is 0 Å². The lowest BCUT2D eigenvalue weighted by molar-refractivity contribution is -0.132. The van der Waals surface area contributed by atoms with Crippen LogP contribution in [0.2, 0.25) is 0 Å². The third-order valence-corrected chi connectivity index (χ3v) is 4.42. The fourth-order valence-electron chi connectivity index (χ4n) is 3.02. The smallest absolute Gasteiger partial charge is 0.237 e. The molecule has 1 aliphatic carbocycles. The Kier molecular flexibility index (Phi) is 7.34. The van der Waals surface area contributed by atoms with E-state index in [1.54, 1.807) is 5.57 Å². The third kappa shape index (κ3) is 6.19. The number of carbonyl (C=O) groups excluding carboxylic acids is 1. The van der Waals surface area contributed by atoms with E-state index in [1.807, 2.05) is 23.1 Å². The predicted octanol–water partition coefficient (Wildman–Crippen LogP) is 3.90. The first-order chi connectivity index (χ1) is 11.2. The third-order valence-electron chi connectivity index (χ3n) is 4.42. The van der Waals surface area contributed by atoms with Gasteiger partial charge in [-0.15, -0.1) is 0 Å². The van der Waals surface area contributed by atoms with Crippen molar-refractivity contribution in [2.45, 2.75) is 58.5 Å². The first-order valence-electron chi connectivity index (χ1n) is 8.89. The molecule has 0 aromatic heterocycles. The molecule has 1 aromatic rings. The maximum atomic E-state index is 12.5. The van der Waals surface area contributed by atoms with Gasteiger partial charge >= 0.3 is 0 Å². The van der Waals surface area contributed by atoms with Crippen molar-refractivity contribution in [1.82, 2.24) is 10.2 Å². The highest BCUT2D eigenvalue weighted by molar-refractivity contribution is 5.78. The number of amides is 1. The van der Waals surface area contributed by atoms with E-state index < -0.39 is 0 Å². The summed E-state index contributed by atoms with van der Waals surface area (Å²) in [7, 11) is 0. The quantitative estimate of drug-likeness (QED) is 0.583. The van der Waals surface area contributed by atoms with Crippen molar-refractivity contribution in [2.24, 2.45) is 0 Å². The summed E-state index contributed by atoms with van der Waals surface area (Å²) in [5.74, 6) is 0.182. The van der Waals surface area contributed by atoms with Gasteiger partial charge in [0, 0.05) is 12.6 Å². The van der Waals surface area contributed by atoms with Gasteiger partial charge in [0.1, 0.15) is 0 Å². The Morgan fingerprint density at radius 2 is 2.00 bits per heavy atom. The number of nitrogens with zero attached hydrogens (tertiary/aromatic N) is 1.